The number of ether oxygens (including phenoxy) is 1. The second-order valence-corrected chi connectivity index (χ2v) is 10.5. The van der Waals surface area contributed by atoms with Gasteiger partial charge in [0.1, 0.15) is 0 Å². The first-order chi connectivity index (χ1) is 17.3. The molecule has 1 aliphatic heterocycles. The molecule has 1 aliphatic rings. The SMILES string of the molecule is CCCCCCCCCCCCNC(=O)c1ccc(CNCc2cnc(N3CCOCC3)s2)cc1. The number of unbranched alkanes of at least 4 members (excludes halogenated alkanes) is 9. The van der Waals surface area contributed by atoms with Gasteiger partial charge in [0.15, 0.2) is 5.13 Å². The maximum Gasteiger partial charge on any atom is 0.251 e. The summed E-state index contributed by atoms with van der Waals surface area (Å²) in [6.45, 7) is 7.98. The summed E-state index contributed by atoms with van der Waals surface area (Å²) in [6, 6.07) is 7.92. The lowest BCUT2D eigenvalue weighted by atomic mass is 10.1. The van der Waals surface area contributed by atoms with E-state index in [0.717, 1.165) is 63.1 Å². The predicted octanol–water partition coefficient (Wildman–Crippen LogP) is 5.92. The minimum Gasteiger partial charge on any atom is -0.378 e. The molecule has 0 saturated carbocycles. The predicted molar refractivity (Wildman–Crippen MR) is 146 cm³/mol. The lowest BCUT2D eigenvalue weighted by Crippen LogP contribution is -2.36. The van der Waals surface area contributed by atoms with Crippen molar-refractivity contribution < 1.29 is 9.53 Å². The summed E-state index contributed by atoms with van der Waals surface area (Å²) in [5.41, 5.74) is 1.91. The van der Waals surface area contributed by atoms with E-state index in [9.17, 15) is 4.79 Å². The van der Waals surface area contributed by atoms with Crippen LogP contribution in [-0.2, 0) is 17.8 Å². The molecule has 0 bridgehead atoms. The zero-order chi connectivity index (χ0) is 24.6. The van der Waals surface area contributed by atoms with Crippen molar-refractivity contribution in [3.8, 4) is 0 Å². The molecule has 0 unspecified atom stereocenters. The molecule has 0 radical (unpaired) electrons. The van der Waals surface area contributed by atoms with Crippen molar-refractivity contribution in [3.05, 3.63) is 46.5 Å². The number of hydrogen-bond donors (Lipinski definition) is 2. The van der Waals surface area contributed by atoms with Crippen molar-refractivity contribution in [2.24, 2.45) is 0 Å². The summed E-state index contributed by atoms with van der Waals surface area (Å²) < 4.78 is 5.42. The molecule has 2 heterocycles. The van der Waals surface area contributed by atoms with Gasteiger partial charge in [-0.05, 0) is 24.1 Å². The van der Waals surface area contributed by atoms with E-state index in [0.29, 0.717) is 0 Å². The molecule has 2 N–H and O–H groups in total. The fourth-order valence-electron chi connectivity index (χ4n) is 4.30. The third-order valence-corrected chi connectivity index (χ3v) is 7.54. The van der Waals surface area contributed by atoms with Gasteiger partial charge in [0, 0.05) is 49.4 Å². The summed E-state index contributed by atoms with van der Waals surface area (Å²) in [6.07, 6.45) is 15.0. The number of nitrogens with one attached hydrogen (secondary N) is 2. The summed E-state index contributed by atoms with van der Waals surface area (Å²) in [5, 5.41) is 7.63. The fourth-order valence-corrected chi connectivity index (χ4v) is 5.23. The molecule has 1 aromatic heterocycles. The van der Waals surface area contributed by atoms with Crippen LogP contribution in [0.15, 0.2) is 30.5 Å². The van der Waals surface area contributed by atoms with Crippen molar-refractivity contribution in [1.29, 1.82) is 0 Å². The number of rotatable bonds is 17. The van der Waals surface area contributed by atoms with E-state index in [1.165, 1.54) is 68.2 Å². The normalized spacial score (nSPS) is 13.8. The van der Waals surface area contributed by atoms with Gasteiger partial charge in [-0.1, -0.05) is 76.8 Å². The number of carbonyl (C=O) groups excluding carboxylic acids is 1. The van der Waals surface area contributed by atoms with Crippen molar-refractivity contribution in [1.82, 2.24) is 15.6 Å². The van der Waals surface area contributed by atoms with Crippen LogP contribution in [0.25, 0.3) is 0 Å². The van der Waals surface area contributed by atoms with E-state index in [2.05, 4.69) is 27.4 Å². The number of benzene rings is 1. The van der Waals surface area contributed by atoms with Crippen LogP contribution in [0, 0.1) is 0 Å². The first-order valence-corrected chi connectivity index (χ1v) is 14.4. The van der Waals surface area contributed by atoms with Gasteiger partial charge in [0.05, 0.1) is 13.2 Å². The molecule has 2 aromatic rings. The number of amides is 1. The van der Waals surface area contributed by atoms with E-state index in [4.69, 9.17) is 4.74 Å². The maximum atomic E-state index is 12.4. The molecule has 1 fully saturated rings. The number of morpholine rings is 1. The molecule has 0 spiro atoms. The third-order valence-electron chi connectivity index (χ3n) is 6.48. The van der Waals surface area contributed by atoms with E-state index in [1.54, 1.807) is 11.3 Å². The summed E-state index contributed by atoms with van der Waals surface area (Å²) in [5.74, 6) is 0.0285. The Morgan fingerprint density at radius 1 is 0.943 bits per heavy atom. The lowest BCUT2D eigenvalue weighted by Gasteiger charge is -2.25. The topological polar surface area (TPSA) is 66.5 Å². The fraction of sp³-hybridized carbons (Fsp3) is 0.643. The van der Waals surface area contributed by atoms with Crippen LogP contribution in [0.5, 0.6) is 0 Å². The van der Waals surface area contributed by atoms with Crippen molar-refractivity contribution in [2.75, 3.05) is 37.7 Å². The molecule has 3 rings (SSSR count). The molecule has 7 heteroatoms. The summed E-state index contributed by atoms with van der Waals surface area (Å²) in [7, 11) is 0. The monoisotopic (exact) mass is 500 g/mol. The smallest absolute Gasteiger partial charge is 0.251 e. The average Bonchev–Trinajstić information content (AvgIpc) is 3.37. The Hall–Kier alpha value is -1.96. The Morgan fingerprint density at radius 3 is 2.29 bits per heavy atom. The lowest BCUT2D eigenvalue weighted by molar-refractivity contribution is 0.0953. The Balaban J connectivity index is 1.24. The highest BCUT2D eigenvalue weighted by Crippen LogP contribution is 2.23. The standard InChI is InChI=1S/C28H44N4O2S/c1-2-3-4-5-6-7-8-9-10-11-16-30-27(33)25-14-12-24(13-15-25)21-29-22-26-23-31-28(35-26)32-17-19-34-20-18-32/h12-15,23,29H,2-11,16-22H2,1H3,(H,30,33). The van der Waals surface area contributed by atoms with E-state index < -0.39 is 0 Å². The van der Waals surface area contributed by atoms with Gasteiger partial charge in [-0.2, -0.15) is 0 Å². The Labute approximate surface area is 215 Å². The van der Waals surface area contributed by atoms with E-state index >= 15 is 0 Å². The molecule has 1 saturated heterocycles. The zero-order valence-corrected chi connectivity index (χ0v) is 22.3. The summed E-state index contributed by atoms with van der Waals surface area (Å²) in [4.78, 5) is 20.5. The van der Waals surface area contributed by atoms with Gasteiger partial charge < -0.3 is 20.3 Å². The molecule has 35 heavy (non-hydrogen) atoms. The zero-order valence-electron chi connectivity index (χ0n) is 21.5. The van der Waals surface area contributed by atoms with Crippen molar-refractivity contribution in [2.45, 2.75) is 84.2 Å². The van der Waals surface area contributed by atoms with Crippen molar-refractivity contribution >= 4 is 22.4 Å². The van der Waals surface area contributed by atoms with Gasteiger partial charge in [-0.3, -0.25) is 4.79 Å². The van der Waals surface area contributed by atoms with E-state index in [-0.39, 0.29) is 5.91 Å². The Morgan fingerprint density at radius 2 is 1.60 bits per heavy atom. The number of carbonyl (C=O) groups is 1. The van der Waals surface area contributed by atoms with Crippen LogP contribution in [0.1, 0.15) is 91.9 Å². The minimum atomic E-state index is 0.0285. The molecule has 1 amide bonds. The average molecular weight is 501 g/mol. The van der Waals surface area contributed by atoms with Crippen molar-refractivity contribution in [3.63, 3.8) is 0 Å². The number of anilines is 1. The third kappa shape index (κ3) is 10.7. The molecule has 6 nitrogen and oxygen atoms in total. The first kappa shape index (κ1) is 27.6. The highest BCUT2D eigenvalue weighted by atomic mass is 32.1. The Bertz CT molecular complexity index is 834. The van der Waals surface area contributed by atoms with Gasteiger partial charge in [-0.25, -0.2) is 4.98 Å². The van der Waals surface area contributed by atoms with Crippen LogP contribution in [-0.4, -0.2) is 43.7 Å². The van der Waals surface area contributed by atoms with Crippen LogP contribution in [0.4, 0.5) is 5.13 Å². The quantitative estimate of drug-likeness (QED) is 0.264. The Kier molecular flexibility index (Phi) is 13.2. The van der Waals surface area contributed by atoms with Crippen LogP contribution in [0.3, 0.4) is 0 Å². The number of hydrogen-bond acceptors (Lipinski definition) is 6. The number of aromatic nitrogens is 1. The second-order valence-electron chi connectivity index (χ2n) is 9.45. The molecular formula is C28H44N4O2S. The largest absolute Gasteiger partial charge is 0.378 e. The number of nitrogens with zero attached hydrogens (tertiary/aromatic N) is 2. The van der Waals surface area contributed by atoms with Crippen LogP contribution < -0.4 is 15.5 Å². The van der Waals surface area contributed by atoms with Crippen LogP contribution in [0.2, 0.25) is 0 Å². The molecular weight excluding hydrogens is 456 g/mol. The first-order valence-electron chi connectivity index (χ1n) is 13.6. The number of thiazole rings is 1. The maximum absolute atomic E-state index is 12.4. The van der Waals surface area contributed by atoms with Gasteiger partial charge in [0.2, 0.25) is 0 Å². The van der Waals surface area contributed by atoms with E-state index in [1.807, 2.05) is 30.5 Å². The summed E-state index contributed by atoms with van der Waals surface area (Å²) >= 11 is 1.74. The highest BCUT2D eigenvalue weighted by molar-refractivity contribution is 7.15. The second kappa shape index (κ2) is 16.7. The van der Waals surface area contributed by atoms with Gasteiger partial charge in [-0.15, -0.1) is 11.3 Å². The molecule has 194 valence electrons. The molecule has 1 aromatic carbocycles. The van der Waals surface area contributed by atoms with Gasteiger partial charge >= 0.3 is 0 Å². The van der Waals surface area contributed by atoms with Crippen LogP contribution >= 0.6 is 11.3 Å². The van der Waals surface area contributed by atoms with Gasteiger partial charge in [0.25, 0.3) is 5.91 Å². The minimum absolute atomic E-state index is 0.0285. The molecule has 0 atom stereocenters. The molecule has 0 aliphatic carbocycles. The highest BCUT2D eigenvalue weighted by Gasteiger charge is 2.14.